The van der Waals surface area contributed by atoms with E-state index >= 15 is 0 Å². The van der Waals surface area contributed by atoms with Gasteiger partial charge < -0.3 is 14.2 Å². The normalized spacial score (nSPS) is 11.5. The lowest BCUT2D eigenvalue weighted by molar-refractivity contribution is 0.669. The summed E-state index contributed by atoms with van der Waals surface area (Å²) >= 11 is 1.85. The van der Waals surface area contributed by atoms with Crippen LogP contribution in [0.4, 0.5) is 34.1 Å². The minimum atomic E-state index is 0.883. The Morgan fingerprint density at radius 1 is 0.370 bits per heavy atom. The molecule has 9 aromatic rings. The van der Waals surface area contributed by atoms with Gasteiger partial charge in [-0.25, -0.2) is 0 Å². The molecule has 9 rings (SSSR count). The van der Waals surface area contributed by atoms with E-state index in [0.717, 1.165) is 50.4 Å². The molecule has 2 aromatic heterocycles. The van der Waals surface area contributed by atoms with Crippen LogP contribution in [0.2, 0.25) is 0 Å². The zero-order valence-electron chi connectivity index (χ0n) is 24.9. The molecule has 0 N–H and O–H groups in total. The van der Waals surface area contributed by atoms with Crippen molar-refractivity contribution in [2.45, 2.75) is 0 Å². The van der Waals surface area contributed by atoms with Gasteiger partial charge in [-0.3, -0.25) is 0 Å². The van der Waals surface area contributed by atoms with Crippen LogP contribution in [0.15, 0.2) is 174 Å². The molecule has 7 aromatic carbocycles. The first-order valence-corrected chi connectivity index (χ1v) is 16.3. The van der Waals surface area contributed by atoms with Crippen molar-refractivity contribution in [2.24, 2.45) is 0 Å². The van der Waals surface area contributed by atoms with Gasteiger partial charge in [0.1, 0.15) is 11.2 Å². The van der Waals surface area contributed by atoms with E-state index in [9.17, 15) is 0 Å². The van der Waals surface area contributed by atoms with Gasteiger partial charge >= 0.3 is 0 Å². The Kier molecular flexibility index (Phi) is 6.32. The van der Waals surface area contributed by atoms with Crippen LogP contribution in [0, 0.1) is 0 Å². The summed E-state index contributed by atoms with van der Waals surface area (Å²) in [5.41, 5.74) is 8.48. The van der Waals surface area contributed by atoms with Crippen LogP contribution in [-0.2, 0) is 0 Å². The smallest absolute Gasteiger partial charge is 0.137 e. The first-order chi connectivity index (χ1) is 22.8. The minimum absolute atomic E-state index is 0.883. The summed E-state index contributed by atoms with van der Waals surface area (Å²) < 4.78 is 8.83. The maximum Gasteiger partial charge on any atom is 0.137 e. The highest BCUT2D eigenvalue weighted by molar-refractivity contribution is 7.26. The summed E-state index contributed by atoms with van der Waals surface area (Å²) in [6.45, 7) is 0. The second kappa shape index (κ2) is 11.0. The monoisotopic (exact) mass is 608 g/mol. The SMILES string of the molecule is c1ccc(N(c2ccc3c(c2)oc2ccccc23)c2ccc3sc4c(N(c5ccccc5)c5ccccc5)cccc4c3c2)cc1. The number of rotatable bonds is 6. The molecular weight excluding hydrogens is 581 g/mol. The molecule has 0 radical (unpaired) electrons. The fourth-order valence-electron chi connectivity index (χ4n) is 6.55. The summed E-state index contributed by atoms with van der Waals surface area (Å²) in [5, 5.41) is 4.75. The first kappa shape index (κ1) is 26.6. The third-order valence-corrected chi connectivity index (χ3v) is 9.83. The fraction of sp³-hybridized carbons (Fsp3) is 0. The number of benzene rings is 7. The van der Waals surface area contributed by atoms with Gasteiger partial charge in [-0.15, -0.1) is 11.3 Å². The molecule has 0 saturated carbocycles. The average Bonchev–Trinajstić information content (AvgIpc) is 3.68. The highest BCUT2D eigenvalue weighted by Gasteiger charge is 2.20. The second-order valence-corrected chi connectivity index (χ2v) is 12.4. The summed E-state index contributed by atoms with van der Waals surface area (Å²) in [4.78, 5) is 4.68. The van der Waals surface area contributed by atoms with E-state index in [4.69, 9.17) is 4.42 Å². The van der Waals surface area contributed by atoms with Gasteiger partial charge in [0.05, 0.1) is 10.4 Å². The van der Waals surface area contributed by atoms with Gasteiger partial charge in [0.2, 0.25) is 0 Å². The molecule has 0 unspecified atom stereocenters. The van der Waals surface area contributed by atoms with Gasteiger partial charge in [0.25, 0.3) is 0 Å². The van der Waals surface area contributed by atoms with Crippen molar-refractivity contribution in [3.63, 3.8) is 0 Å². The molecule has 0 aliphatic rings. The quantitative estimate of drug-likeness (QED) is 0.187. The third-order valence-electron chi connectivity index (χ3n) is 8.62. The summed E-state index contributed by atoms with van der Waals surface area (Å²) in [7, 11) is 0. The lowest BCUT2D eigenvalue weighted by Crippen LogP contribution is -2.09. The van der Waals surface area contributed by atoms with Crippen molar-refractivity contribution < 1.29 is 4.42 Å². The van der Waals surface area contributed by atoms with Gasteiger partial charge in [0, 0.05) is 60.7 Å². The zero-order valence-corrected chi connectivity index (χ0v) is 25.7. The topological polar surface area (TPSA) is 19.6 Å². The molecule has 3 nitrogen and oxygen atoms in total. The molecular formula is C42H28N2OS. The average molecular weight is 609 g/mol. The lowest BCUT2D eigenvalue weighted by Gasteiger charge is -2.26. The molecule has 0 spiro atoms. The number of hydrogen-bond donors (Lipinski definition) is 0. The van der Waals surface area contributed by atoms with E-state index in [1.165, 1.54) is 25.9 Å². The van der Waals surface area contributed by atoms with Crippen molar-refractivity contribution >= 4 is 87.6 Å². The molecule has 0 atom stereocenters. The van der Waals surface area contributed by atoms with Crippen LogP contribution in [0.3, 0.4) is 0 Å². The fourth-order valence-corrected chi connectivity index (χ4v) is 7.73. The predicted octanol–water partition coefficient (Wildman–Crippen LogP) is 12.9. The standard InChI is InChI=1S/C42H28N2OS/c1-4-13-29(14-5-1)43(33-23-25-35-34-19-10-11-22-39(34)45-40(35)28-33)32-24-26-41-37(27-32)36-20-12-21-38(42(36)46-41)44(30-15-6-2-7-16-30)31-17-8-3-9-18-31/h1-28H. The number of hydrogen-bond acceptors (Lipinski definition) is 4. The number of thiophene rings is 1. The Labute approximate surface area is 270 Å². The van der Waals surface area contributed by atoms with E-state index in [0.29, 0.717) is 0 Å². The number of anilines is 6. The minimum Gasteiger partial charge on any atom is -0.456 e. The maximum atomic E-state index is 6.31. The van der Waals surface area contributed by atoms with E-state index in [1.54, 1.807) is 0 Å². The highest BCUT2D eigenvalue weighted by atomic mass is 32.1. The molecule has 46 heavy (non-hydrogen) atoms. The van der Waals surface area contributed by atoms with E-state index in [-0.39, 0.29) is 0 Å². The second-order valence-electron chi connectivity index (χ2n) is 11.4. The molecule has 0 bridgehead atoms. The molecule has 2 heterocycles. The van der Waals surface area contributed by atoms with Gasteiger partial charge in [-0.2, -0.15) is 0 Å². The molecule has 4 heteroatoms. The lowest BCUT2D eigenvalue weighted by atomic mass is 10.1. The number of nitrogens with zero attached hydrogens (tertiary/aromatic N) is 2. The number of furan rings is 1. The van der Waals surface area contributed by atoms with Crippen molar-refractivity contribution in [3.8, 4) is 0 Å². The van der Waals surface area contributed by atoms with Crippen LogP contribution in [0.5, 0.6) is 0 Å². The summed E-state index contributed by atoms with van der Waals surface area (Å²) in [5.74, 6) is 0. The molecule has 0 aliphatic carbocycles. The van der Waals surface area contributed by atoms with Crippen molar-refractivity contribution in [1.82, 2.24) is 0 Å². The van der Waals surface area contributed by atoms with E-state index in [1.807, 2.05) is 23.5 Å². The summed E-state index contributed by atoms with van der Waals surface area (Å²) in [6.07, 6.45) is 0. The Bertz CT molecular complexity index is 2440. The molecule has 0 amide bonds. The molecule has 0 saturated heterocycles. The van der Waals surface area contributed by atoms with Gasteiger partial charge in [-0.1, -0.05) is 84.9 Å². The van der Waals surface area contributed by atoms with Crippen LogP contribution in [-0.4, -0.2) is 0 Å². The van der Waals surface area contributed by atoms with Crippen LogP contribution >= 0.6 is 11.3 Å². The van der Waals surface area contributed by atoms with E-state index in [2.05, 4.69) is 168 Å². The Morgan fingerprint density at radius 3 is 1.65 bits per heavy atom. The summed E-state index contributed by atoms with van der Waals surface area (Å²) in [6, 6.07) is 60.1. The Hall–Kier alpha value is -5.84. The van der Waals surface area contributed by atoms with Crippen molar-refractivity contribution in [2.75, 3.05) is 9.80 Å². The van der Waals surface area contributed by atoms with Crippen molar-refractivity contribution in [3.05, 3.63) is 170 Å². The Balaban J connectivity index is 1.22. The van der Waals surface area contributed by atoms with Crippen molar-refractivity contribution in [1.29, 1.82) is 0 Å². The Morgan fingerprint density at radius 2 is 0.935 bits per heavy atom. The predicted molar refractivity (Wildman–Crippen MR) is 196 cm³/mol. The molecule has 218 valence electrons. The van der Waals surface area contributed by atoms with Crippen LogP contribution in [0.1, 0.15) is 0 Å². The third kappa shape index (κ3) is 4.42. The number of fused-ring (bicyclic) bond motifs is 6. The van der Waals surface area contributed by atoms with Gasteiger partial charge in [-0.05, 0) is 78.9 Å². The largest absolute Gasteiger partial charge is 0.456 e. The van der Waals surface area contributed by atoms with E-state index < -0.39 is 0 Å². The number of para-hydroxylation sites is 4. The van der Waals surface area contributed by atoms with Crippen LogP contribution < -0.4 is 9.80 Å². The molecule has 0 aliphatic heterocycles. The first-order valence-electron chi connectivity index (χ1n) is 15.4. The zero-order chi connectivity index (χ0) is 30.5. The van der Waals surface area contributed by atoms with Crippen LogP contribution in [0.25, 0.3) is 42.1 Å². The molecule has 0 fully saturated rings. The maximum absolute atomic E-state index is 6.31. The van der Waals surface area contributed by atoms with Gasteiger partial charge in [0.15, 0.2) is 0 Å². The highest BCUT2D eigenvalue weighted by Crippen LogP contribution is 2.46.